The minimum absolute atomic E-state index is 0.118. The van der Waals surface area contributed by atoms with Crippen molar-refractivity contribution in [1.82, 2.24) is 16.0 Å². The van der Waals surface area contributed by atoms with Crippen LogP contribution in [0.15, 0.2) is 24.3 Å². The second kappa shape index (κ2) is 12.6. The first-order valence-corrected chi connectivity index (χ1v) is 9.16. The molecule has 0 aliphatic heterocycles. The molecule has 1 aromatic carbocycles. The lowest BCUT2D eigenvalue weighted by Gasteiger charge is -2.17. The molecule has 4 N–H and O–H groups in total. The van der Waals surface area contributed by atoms with Crippen molar-refractivity contribution >= 4 is 6.03 Å². The van der Waals surface area contributed by atoms with Crippen molar-refractivity contribution in [2.75, 3.05) is 26.2 Å². The van der Waals surface area contributed by atoms with Crippen LogP contribution in [-0.2, 0) is 6.42 Å². The van der Waals surface area contributed by atoms with Gasteiger partial charge in [-0.2, -0.15) is 0 Å². The lowest BCUT2D eigenvalue weighted by Crippen LogP contribution is -2.36. The van der Waals surface area contributed by atoms with E-state index in [0.717, 1.165) is 30.6 Å². The lowest BCUT2D eigenvalue weighted by atomic mass is 10.1. The number of hydrogen-bond acceptors (Lipinski definition) is 4. The van der Waals surface area contributed by atoms with E-state index in [9.17, 15) is 9.90 Å². The zero-order valence-corrected chi connectivity index (χ0v) is 15.7. The first kappa shape index (κ1) is 21.3. The van der Waals surface area contributed by atoms with Gasteiger partial charge in [-0.15, -0.1) is 0 Å². The Morgan fingerprint density at radius 1 is 1.20 bits per heavy atom. The Morgan fingerprint density at radius 2 is 1.92 bits per heavy atom. The number of aliphatic hydroxyl groups excluding tert-OH is 1. The number of ether oxygens (including phenoxy) is 1. The summed E-state index contributed by atoms with van der Waals surface area (Å²) >= 11 is 0. The van der Waals surface area contributed by atoms with Gasteiger partial charge >= 0.3 is 6.03 Å². The number of aliphatic hydroxyl groups is 1. The molecule has 1 rings (SSSR count). The van der Waals surface area contributed by atoms with Gasteiger partial charge in [0.25, 0.3) is 0 Å². The normalized spacial score (nSPS) is 12.0. The van der Waals surface area contributed by atoms with Crippen molar-refractivity contribution in [3.63, 3.8) is 0 Å². The molecule has 0 aliphatic rings. The number of amides is 2. The zero-order valence-electron chi connectivity index (χ0n) is 15.7. The molecule has 0 aromatic heterocycles. The van der Waals surface area contributed by atoms with Gasteiger partial charge in [0.15, 0.2) is 0 Å². The highest BCUT2D eigenvalue weighted by Gasteiger charge is 2.08. The number of rotatable bonds is 12. The Balaban J connectivity index is 2.34. The number of hydrogen-bond donors (Lipinski definition) is 4. The van der Waals surface area contributed by atoms with E-state index in [1.54, 1.807) is 0 Å². The van der Waals surface area contributed by atoms with Gasteiger partial charge in [0.1, 0.15) is 18.5 Å². The minimum Gasteiger partial charge on any atom is -0.491 e. The summed E-state index contributed by atoms with van der Waals surface area (Å²) in [4.78, 5) is 11.5. The zero-order chi connectivity index (χ0) is 18.5. The molecule has 6 nitrogen and oxygen atoms in total. The molecule has 142 valence electrons. The third-order valence-corrected chi connectivity index (χ3v) is 3.61. The van der Waals surface area contributed by atoms with Crippen molar-refractivity contribution in [3.05, 3.63) is 29.8 Å². The Hall–Kier alpha value is -1.79. The first-order valence-electron chi connectivity index (χ1n) is 9.16. The lowest BCUT2D eigenvalue weighted by molar-refractivity contribution is 0.104. The molecule has 0 bridgehead atoms. The van der Waals surface area contributed by atoms with Gasteiger partial charge in [0.05, 0.1) is 0 Å². The number of carbonyl (C=O) groups is 1. The van der Waals surface area contributed by atoms with Gasteiger partial charge < -0.3 is 25.8 Å². The molecule has 1 atom stereocenters. The number of aryl methyl sites for hydroxylation is 1. The maximum Gasteiger partial charge on any atom is 0.314 e. The maximum absolute atomic E-state index is 11.5. The highest BCUT2D eigenvalue weighted by atomic mass is 16.5. The average molecular weight is 351 g/mol. The third-order valence-electron chi connectivity index (χ3n) is 3.61. The van der Waals surface area contributed by atoms with Crippen LogP contribution < -0.4 is 20.7 Å². The number of urea groups is 1. The summed E-state index contributed by atoms with van der Waals surface area (Å²) < 4.78 is 5.77. The Bertz CT molecular complexity index is 495. The topological polar surface area (TPSA) is 82.6 Å². The molecule has 25 heavy (non-hydrogen) atoms. The summed E-state index contributed by atoms with van der Waals surface area (Å²) in [6.45, 7) is 8.18. The van der Waals surface area contributed by atoms with E-state index >= 15 is 0 Å². The second-order valence-electron chi connectivity index (χ2n) is 6.42. The van der Waals surface area contributed by atoms with Crippen LogP contribution in [0.1, 0.15) is 39.2 Å². The highest BCUT2D eigenvalue weighted by molar-refractivity contribution is 5.73. The van der Waals surface area contributed by atoms with E-state index < -0.39 is 6.10 Å². The van der Waals surface area contributed by atoms with Gasteiger partial charge in [-0.05, 0) is 30.9 Å². The fourth-order valence-electron chi connectivity index (χ4n) is 2.25. The van der Waals surface area contributed by atoms with E-state index in [-0.39, 0.29) is 12.6 Å². The van der Waals surface area contributed by atoms with Crippen LogP contribution >= 0.6 is 0 Å². The summed E-state index contributed by atoms with van der Waals surface area (Å²) in [6.07, 6.45) is 2.03. The fraction of sp³-hybridized carbons (Fsp3) is 0.632. The maximum atomic E-state index is 11.5. The predicted octanol–water partition coefficient (Wildman–Crippen LogP) is 2.07. The van der Waals surface area contributed by atoms with Crippen LogP contribution in [0.5, 0.6) is 5.75 Å². The van der Waals surface area contributed by atoms with E-state index in [1.165, 1.54) is 0 Å². The fourth-order valence-corrected chi connectivity index (χ4v) is 2.25. The first-order chi connectivity index (χ1) is 12.0. The summed E-state index contributed by atoms with van der Waals surface area (Å²) in [5.41, 5.74) is 1.09. The molecule has 0 fully saturated rings. The van der Waals surface area contributed by atoms with Gasteiger partial charge in [-0.25, -0.2) is 4.79 Å². The molecule has 0 radical (unpaired) electrons. The number of benzene rings is 1. The molecule has 0 saturated carbocycles. The molecule has 0 unspecified atom stereocenters. The van der Waals surface area contributed by atoms with Crippen LogP contribution in [0.2, 0.25) is 0 Å². The molecular weight excluding hydrogens is 318 g/mol. The molecule has 0 heterocycles. The van der Waals surface area contributed by atoms with Gasteiger partial charge in [0, 0.05) is 25.7 Å². The largest absolute Gasteiger partial charge is 0.491 e. The smallest absolute Gasteiger partial charge is 0.314 e. The van der Waals surface area contributed by atoms with Gasteiger partial charge in [-0.3, -0.25) is 0 Å². The SMILES string of the molecule is CCCNC(=O)NCCCc1ccccc1OC[C@@H](O)CNC(C)C. The van der Waals surface area contributed by atoms with Crippen molar-refractivity contribution in [1.29, 1.82) is 0 Å². The number of nitrogens with one attached hydrogen (secondary N) is 3. The Morgan fingerprint density at radius 3 is 2.64 bits per heavy atom. The van der Waals surface area contributed by atoms with Crippen LogP contribution in [0.3, 0.4) is 0 Å². The van der Waals surface area contributed by atoms with Crippen LogP contribution in [-0.4, -0.2) is 49.5 Å². The van der Waals surface area contributed by atoms with Crippen molar-refractivity contribution in [2.24, 2.45) is 0 Å². The summed E-state index contributed by atoms with van der Waals surface area (Å²) in [5, 5.41) is 18.8. The molecule has 2 amide bonds. The highest BCUT2D eigenvalue weighted by Crippen LogP contribution is 2.19. The molecule has 1 aromatic rings. The molecule has 6 heteroatoms. The third kappa shape index (κ3) is 9.94. The van der Waals surface area contributed by atoms with E-state index in [1.807, 2.05) is 45.0 Å². The van der Waals surface area contributed by atoms with Crippen LogP contribution in [0, 0.1) is 0 Å². The van der Waals surface area contributed by atoms with E-state index in [4.69, 9.17) is 4.74 Å². The van der Waals surface area contributed by atoms with Crippen molar-refractivity contribution in [3.8, 4) is 5.75 Å². The number of para-hydroxylation sites is 1. The van der Waals surface area contributed by atoms with E-state index in [2.05, 4.69) is 16.0 Å². The van der Waals surface area contributed by atoms with Gasteiger partial charge in [-0.1, -0.05) is 39.0 Å². The molecule has 0 aliphatic carbocycles. The number of carbonyl (C=O) groups excluding carboxylic acids is 1. The van der Waals surface area contributed by atoms with Crippen LogP contribution in [0.25, 0.3) is 0 Å². The Kier molecular flexibility index (Phi) is 10.7. The second-order valence-corrected chi connectivity index (χ2v) is 6.42. The Labute approximate surface area is 151 Å². The van der Waals surface area contributed by atoms with Gasteiger partial charge in [0.2, 0.25) is 0 Å². The molecule has 0 saturated heterocycles. The monoisotopic (exact) mass is 351 g/mol. The quantitative estimate of drug-likeness (QED) is 0.435. The van der Waals surface area contributed by atoms with Crippen molar-refractivity contribution < 1.29 is 14.6 Å². The standard InChI is InChI=1S/C19H33N3O3/c1-4-11-20-19(24)21-12-7-9-16-8-5-6-10-18(16)25-14-17(23)13-22-15(2)3/h5-6,8,10,15,17,22-23H,4,7,9,11-14H2,1-3H3,(H2,20,21,24)/t17-/m0/s1. The average Bonchev–Trinajstić information content (AvgIpc) is 2.60. The molecule has 0 spiro atoms. The molecular formula is C19H33N3O3. The summed E-state index contributed by atoms with van der Waals surface area (Å²) in [5.74, 6) is 0.793. The van der Waals surface area contributed by atoms with Crippen LogP contribution in [0.4, 0.5) is 4.79 Å². The van der Waals surface area contributed by atoms with Crippen molar-refractivity contribution in [2.45, 2.75) is 52.2 Å². The minimum atomic E-state index is -0.542. The summed E-state index contributed by atoms with van der Waals surface area (Å²) in [6, 6.07) is 8.05. The predicted molar refractivity (Wildman–Crippen MR) is 101 cm³/mol. The summed E-state index contributed by atoms with van der Waals surface area (Å²) in [7, 11) is 0. The van der Waals surface area contributed by atoms with E-state index in [0.29, 0.717) is 25.7 Å².